The first-order valence-corrected chi connectivity index (χ1v) is 8.27. The Morgan fingerprint density at radius 2 is 1.67 bits per heavy atom. The van der Waals surface area contributed by atoms with Gasteiger partial charge in [-0.3, -0.25) is 0 Å². The Kier molecular flexibility index (Phi) is 5.68. The number of anilines is 2. The van der Waals surface area contributed by atoms with Gasteiger partial charge in [0.25, 0.3) is 0 Å². The van der Waals surface area contributed by atoms with Gasteiger partial charge in [0.1, 0.15) is 0 Å². The molecule has 0 heterocycles. The summed E-state index contributed by atoms with van der Waals surface area (Å²) in [7, 11) is 0. The highest BCUT2D eigenvalue weighted by Crippen LogP contribution is 2.21. The molecule has 0 aliphatic rings. The van der Waals surface area contributed by atoms with Crippen molar-refractivity contribution in [2.45, 2.75) is 27.3 Å². The third-order valence-electron chi connectivity index (χ3n) is 3.73. The van der Waals surface area contributed by atoms with Crippen LogP contribution in [0.5, 0.6) is 0 Å². The van der Waals surface area contributed by atoms with E-state index in [1.165, 1.54) is 16.8 Å². The van der Waals surface area contributed by atoms with Crippen molar-refractivity contribution in [1.82, 2.24) is 0 Å². The number of rotatable bonds is 6. The van der Waals surface area contributed by atoms with E-state index in [4.69, 9.17) is 0 Å². The van der Waals surface area contributed by atoms with E-state index in [1.807, 2.05) is 0 Å². The van der Waals surface area contributed by atoms with E-state index in [-0.39, 0.29) is 0 Å². The maximum atomic E-state index is 3.57. The van der Waals surface area contributed by atoms with Crippen LogP contribution in [-0.4, -0.2) is 13.1 Å². The van der Waals surface area contributed by atoms with Gasteiger partial charge < -0.3 is 10.2 Å². The van der Waals surface area contributed by atoms with E-state index in [0.29, 0.717) is 0 Å². The van der Waals surface area contributed by atoms with Crippen molar-refractivity contribution in [3.8, 4) is 0 Å². The van der Waals surface area contributed by atoms with Crippen LogP contribution in [0.2, 0.25) is 0 Å². The second kappa shape index (κ2) is 7.51. The fourth-order valence-electron chi connectivity index (χ4n) is 2.32. The molecule has 2 rings (SSSR count). The van der Waals surface area contributed by atoms with Gasteiger partial charge in [-0.2, -0.15) is 0 Å². The highest BCUT2D eigenvalue weighted by atomic mass is 79.9. The molecule has 0 bridgehead atoms. The van der Waals surface area contributed by atoms with Gasteiger partial charge in [0.15, 0.2) is 0 Å². The number of nitrogens with zero attached hydrogens (tertiary/aromatic N) is 1. The second-order valence-corrected chi connectivity index (χ2v) is 6.01. The highest BCUT2D eigenvalue weighted by Gasteiger charge is 2.02. The largest absolute Gasteiger partial charge is 0.381 e. The van der Waals surface area contributed by atoms with Crippen molar-refractivity contribution in [2.24, 2.45) is 0 Å². The lowest BCUT2D eigenvalue weighted by atomic mass is 10.1. The van der Waals surface area contributed by atoms with Gasteiger partial charge in [0.05, 0.1) is 0 Å². The predicted octanol–water partition coefficient (Wildman–Crippen LogP) is 5.22. The molecule has 0 fully saturated rings. The van der Waals surface area contributed by atoms with E-state index in [9.17, 15) is 0 Å². The summed E-state index contributed by atoms with van der Waals surface area (Å²) in [6.45, 7) is 9.41. The molecule has 2 aromatic rings. The van der Waals surface area contributed by atoms with Gasteiger partial charge >= 0.3 is 0 Å². The van der Waals surface area contributed by atoms with E-state index in [2.05, 4.69) is 89.4 Å². The minimum atomic E-state index is 0.841. The zero-order chi connectivity index (χ0) is 15.2. The van der Waals surface area contributed by atoms with Crippen LogP contribution in [0.3, 0.4) is 0 Å². The van der Waals surface area contributed by atoms with Crippen molar-refractivity contribution >= 4 is 27.3 Å². The van der Waals surface area contributed by atoms with Gasteiger partial charge in [-0.15, -0.1) is 0 Å². The highest BCUT2D eigenvalue weighted by molar-refractivity contribution is 9.10. The summed E-state index contributed by atoms with van der Waals surface area (Å²) in [6.07, 6.45) is 0. The average molecular weight is 347 g/mol. The zero-order valence-electron chi connectivity index (χ0n) is 13.0. The number of aryl methyl sites for hydroxylation is 1. The Bertz CT molecular complexity index is 574. The van der Waals surface area contributed by atoms with Crippen molar-refractivity contribution in [2.75, 3.05) is 23.3 Å². The molecular formula is C18H23BrN2. The van der Waals surface area contributed by atoms with Gasteiger partial charge in [-0.1, -0.05) is 34.1 Å². The SMILES string of the molecule is CCN(CC)c1ccc(CNc2ccc(C)c(Br)c2)cc1. The molecule has 0 unspecified atom stereocenters. The summed E-state index contributed by atoms with van der Waals surface area (Å²) in [5.41, 5.74) is 4.98. The first kappa shape index (κ1) is 15.9. The molecule has 2 aromatic carbocycles. The number of hydrogen-bond donors (Lipinski definition) is 1. The smallest absolute Gasteiger partial charge is 0.0400 e. The lowest BCUT2D eigenvalue weighted by molar-refractivity contribution is 0.865. The van der Waals surface area contributed by atoms with Gasteiger partial charge in [-0.05, 0) is 56.2 Å². The van der Waals surface area contributed by atoms with Crippen LogP contribution in [0.25, 0.3) is 0 Å². The molecule has 0 aliphatic heterocycles. The van der Waals surface area contributed by atoms with Gasteiger partial charge in [0.2, 0.25) is 0 Å². The topological polar surface area (TPSA) is 15.3 Å². The lowest BCUT2D eigenvalue weighted by Crippen LogP contribution is -2.21. The van der Waals surface area contributed by atoms with E-state index >= 15 is 0 Å². The maximum Gasteiger partial charge on any atom is 0.0400 e. The summed E-state index contributed by atoms with van der Waals surface area (Å²) in [4.78, 5) is 2.36. The summed E-state index contributed by atoms with van der Waals surface area (Å²) >= 11 is 3.57. The summed E-state index contributed by atoms with van der Waals surface area (Å²) in [5.74, 6) is 0. The molecule has 0 radical (unpaired) electrons. The Morgan fingerprint density at radius 1 is 1.00 bits per heavy atom. The molecule has 0 atom stereocenters. The molecule has 0 aliphatic carbocycles. The van der Waals surface area contributed by atoms with Gasteiger partial charge in [0, 0.05) is 35.5 Å². The van der Waals surface area contributed by atoms with Crippen LogP contribution in [0.1, 0.15) is 25.0 Å². The fraction of sp³-hybridized carbons (Fsp3) is 0.333. The van der Waals surface area contributed by atoms with Crippen LogP contribution in [0, 0.1) is 6.92 Å². The Morgan fingerprint density at radius 3 is 2.24 bits per heavy atom. The Hall–Kier alpha value is -1.48. The van der Waals surface area contributed by atoms with Crippen molar-refractivity contribution in [3.63, 3.8) is 0 Å². The predicted molar refractivity (Wildman–Crippen MR) is 96.2 cm³/mol. The van der Waals surface area contributed by atoms with Gasteiger partial charge in [-0.25, -0.2) is 0 Å². The third-order valence-corrected chi connectivity index (χ3v) is 4.59. The third kappa shape index (κ3) is 4.24. The number of hydrogen-bond acceptors (Lipinski definition) is 2. The molecule has 0 aromatic heterocycles. The summed E-state index contributed by atoms with van der Waals surface area (Å²) in [6, 6.07) is 15.2. The minimum Gasteiger partial charge on any atom is -0.381 e. The normalized spacial score (nSPS) is 10.5. The maximum absolute atomic E-state index is 3.57. The first-order chi connectivity index (χ1) is 10.1. The monoisotopic (exact) mass is 346 g/mol. The second-order valence-electron chi connectivity index (χ2n) is 5.16. The number of benzene rings is 2. The van der Waals surface area contributed by atoms with Crippen LogP contribution in [-0.2, 0) is 6.54 Å². The van der Waals surface area contributed by atoms with Crippen molar-refractivity contribution in [3.05, 3.63) is 58.1 Å². The first-order valence-electron chi connectivity index (χ1n) is 7.48. The average Bonchev–Trinajstić information content (AvgIpc) is 2.51. The molecular weight excluding hydrogens is 324 g/mol. The van der Waals surface area contributed by atoms with E-state index in [0.717, 1.165) is 29.8 Å². The number of nitrogens with one attached hydrogen (secondary N) is 1. The molecule has 3 heteroatoms. The zero-order valence-corrected chi connectivity index (χ0v) is 14.6. The Balaban J connectivity index is 1.98. The molecule has 0 amide bonds. The van der Waals surface area contributed by atoms with Crippen LogP contribution in [0.15, 0.2) is 46.9 Å². The summed E-state index contributed by atoms with van der Waals surface area (Å²) < 4.78 is 1.14. The van der Waals surface area contributed by atoms with Crippen LogP contribution in [0.4, 0.5) is 11.4 Å². The van der Waals surface area contributed by atoms with E-state index in [1.54, 1.807) is 0 Å². The summed E-state index contributed by atoms with van der Waals surface area (Å²) in [5, 5.41) is 3.46. The standard InChI is InChI=1S/C18H23BrN2/c1-4-21(5-2)17-10-7-15(8-11-17)13-20-16-9-6-14(3)18(19)12-16/h6-12,20H,4-5,13H2,1-3H3. The molecule has 112 valence electrons. The Labute approximate surface area is 136 Å². The van der Waals surface area contributed by atoms with Crippen LogP contribution >= 0.6 is 15.9 Å². The number of halogens is 1. The van der Waals surface area contributed by atoms with E-state index < -0.39 is 0 Å². The molecule has 0 saturated carbocycles. The molecule has 0 saturated heterocycles. The molecule has 1 N–H and O–H groups in total. The molecule has 2 nitrogen and oxygen atoms in total. The molecule has 0 spiro atoms. The lowest BCUT2D eigenvalue weighted by Gasteiger charge is -2.21. The van der Waals surface area contributed by atoms with Crippen LogP contribution < -0.4 is 10.2 Å². The quantitative estimate of drug-likeness (QED) is 0.771. The minimum absolute atomic E-state index is 0.841. The molecule has 21 heavy (non-hydrogen) atoms. The fourth-order valence-corrected chi connectivity index (χ4v) is 2.70. The van der Waals surface area contributed by atoms with Crippen molar-refractivity contribution in [1.29, 1.82) is 0 Å². The van der Waals surface area contributed by atoms with Crippen molar-refractivity contribution < 1.29 is 0 Å².